The van der Waals surface area contributed by atoms with Gasteiger partial charge in [-0.1, -0.05) is 24.3 Å². The molecule has 1 atom stereocenters. The van der Waals surface area contributed by atoms with Gasteiger partial charge in [0.25, 0.3) is 0 Å². The first-order valence-corrected chi connectivity index (χ1v) is 6.99. The summed E-state index contributed by atoms with van der Waals surface area (Å²) in [5, 5.41) is 4.45. The van der Waals surface area contributed by atoms with E-state index in [1.807, 2.05) is 0 Å². The summed E-state index contributed by atoms with van der Waals surface area (Å²) in [5.74, 6) is 1.01. The minimum Gasteiger partial charge on any atom is -0.370 e. The second kappa shape index (κ2) is 4.46. The first-order chi connectivity index (χ1) is 9.42. The fraction of sp³-hybridized carbons (Fsp3) is 0.467. The van der Waals surface area contributed by atoms with Crippen LogP contribution in [0.2, 0.25) is 0 Å². The summed E-state index contributed by atoms with van der Waals surface area (Å²) in [6.45, 7) is 0.850. The van der Waals surface area contributed by atoms with Crippen molar-refractivity contribution in [2.45, 2.75) is 37.8 Å². The fourth-order valence-corrected chi connectivity index (χ4v) is 3.26. The van der Waals surface area contributed by atoms with E-state index in [0.29, 0.717) is 6.04 Å². The van der Waals surface area contributed by atoms with E-state index < -0.39 is 0 Å². The second-order valence-corrected chi connectivity index (χ2v) is 5.40. The SMILES string of the molecule is c1ccc2c(c1)CC(n1ncnc1C1CCCO1)C2. The molecule has 19 heavy (non-hydrogen) atoms. The van der Waals surface area contributed by atoms with Crippen LogP contribution in [-0.2, 0) is 17.6 Å². The van der Waals surface area contributed by atoms with E-state index in [9.17, 15) is 0 Å². The van der Waals surface area contributed by atoms with Crippen molar-refractivity contribution in [2.75, 3.05) is 6.61 Å². The summed E-state index contributed by atoms with van der Waals surface area (Å²) < 4.78 is 7.84. The van der Waals surface area contributed by atoms with E-state index in [0.717, 1.165) is 38.1 Å². The molecule has 4 nitrogen and oxygen atoms in total. The van der Waals surface area contributed by atoms with Gasteiger partial charge in [0.15, 0.2) is 5.82 Å². The van der Waals surface area contributed by atoms with Gasteiger partial charge in [0.05, 0.1) is 6.04 Å². The van der Waals surface area contributed by atoms with Crippen molar-refractivity contribution in [3.05, 3.63) is 47.5 Å². The molecule has 2 heterocycles. The lowest BCUT2D eigenvalue weighted by atomic mass is 10.1. The predicted octanol–water partition coefficient (Wildman–Crippen LogP) is 2.47. The molecule has 0 saturated carbocycles. The maximum absolute atomic E-state index is 5.75. The number of aromatic nitrogens is 3. The first-order valence-electron chi connectivity index (χ1n) is 6.99. The van der Waals surface area contributed by atoms with Crippen molar-refractivity contribution in [2.24, 2.45) is 0 Å². The Balaban J connectivity index is 1.63. The molecule has 1 unspecified atom stereocenters. The number of fused-ring (bicyclic) bond motifs is 1. The molecule has 0 spiro atoms. The van der Waals surface area contributed by atoms with Crippen LogP contribution in [0.15, 0.2) is 30.6 Å². The van der Waals surface area contributed by atoms with Gasteiger partial charge in [0, 0.05) is 6.61 Å². The van der Waals surface area contributed by atoms with Crippen LogP contribution in [-0.4, -0.2) is 21.4 Å². The normalized spacial score (nSPS) is 22.8. The Labute approximate surface area is 112 Å². The number of nitrogens with zero attached hydrogens (tertiary/aromatic N) is 3. The van der Waals surface area contributed by atoms with E-state index in [1.54, 1.807) is 6.33 Å². The highest BCUT2D eigenvalue weighted by Gasteiger charge is 2.29. The third-order valence-electron chi connectivity index (χ3n) is 4.19. The van der Waals surface area contributed by atoms with E-state index in [2.05, 4.69) is 39.0 Å². The van der Waals surface area contributed by atoms with Gasteiger partial charge >= 0.3 is 0 Å². The van der Waals surface area contributed by atoms with Gasteiger partial charge in [-0.15, -0.1) is 0 Å². The zero-order valence-electron chi connectivity index (χ0n) is 10.8. The Morgan fingerprint density at radius 3 is 2.63 bits per heavy atom. The average molecular weight is 255 g/mol. The molecular formula is C15H17N3O. The van der Waals surface area contributed by atoms with Crippen molar-refractivity contribution in [1.82, 2.24) is 14.8 Å². The molecule has 2 aromatic rings. The highest BCUT2D eigenvalue weighted by atomic mass is 16.5. The second-order valence-electron chi connectivity index (χ2n) is 5.40. The lowest BCUT2D eigenvalue weighted by Crippen LogP contribution is -2.16. The number of hydrogen-bond donors (Lipinski definition) is 0. The van der Waals surface area contributed by atoms with Crippen LogP contribution >= 0.6 is 0 Å². The highest BCUT2D eigenvalue weighted by molar-refractivity contribution is 5.32. The minimum absolute atomic E-state index is 0.145. The molecule has 1 saturated heterocycles. The zero-order chi connectivity index (χ0) is 12.7. The summed E-state index contributed by atoms with van der Waals surface area (Å²) in [4.78, 5) is 4.43. The van der Waals surface area contributed by atoms with E-state index in [4.69, 9.17) is 4.74 Å². The third kappa shape index (κ3) is 1.87. The van der Waals surface area contributed by atoms with Crippen molar-refractivity contribution in [3.63, 3.8) is 0 Å². The molecule has 1 aromatic carbocycles. The number of rotatable bonds is 2. The maximum atomic E-state index is 5.75. The Morgan fingerprint density at radius 1 is 1.16 bits per heavy atom. The van der Waals surface area contributed by atoms with E-state index in [-0.39, 0.29) is 6.10 Å². The summed E-state index contributed by atoms with van der Waals surface area (Å²) in [5.41, 5.74) is 2.89. The molecule has 0 radical (unpaired) electrons. The highest BCUT2D eigenvalue weighted by Crippen LogP contribution is 2.33. The van der Waals surface area contributed by atoms with E-state index in [1.165, 1.54) is 11.1 Å². The fourth-order valence-electron chi connectivity index (χ4n) is 3.26. The van der Waals surface area contributed by atoms with Crippen LogP contribution in [0.1, 0.15) is 41.9 Å². The van der Waals surface area contributed by atoms with Crippen molar-refractivity contribution in [1.29, 1.82) is 0 Å². The summed E-state index contributed by atoms with van der Waals surface area (Å²) >= 11 is 0. The number of ether oxygens (including phenoxy) is 1. The Morgan fingerprint density at radius 2 is 1.95 bits per heavy atom. The molecule has 0 bridgehead atoms. The molecule has 2 aliphatic rings. The van der Waals surface area contributed by atoms with Crippen LogP contribution in [0.5, 0.6) is 0 Å². The minimum atomic E-state index is 0.145. The van der Waals surface area contributed by atoms with Gasteiger partial charge < -0.3 is 4.74 Å². The standard InChI is InChI=1S/C15H17N3O/c1-2-5-12-9-13(8-11(12)4-1)18-15(16-10-17-18)14-6-3-7-19-14/h1-2,4-5,10,13-14H,3,6-9H2. The summed E-state index contributed by atoms with van der Waals surface area (Å²) in [6.07, 6.45) is 6.12. The Hall–Kier alpha value is -1.68. The number of benzene rings is 1. The predicted molar refractivity (Wildman–Crippen MR) is 70.8 cm³/mol. The molecule has 4 heteroatoms. The van der Waals surface area contributed by atoms with Crippen LogP contribution < -0.4 is 0 Å². The molecule has 0 N–H and O–H groups in total. The molecule has 1 aliphatic carbocycles. The molecule has 98 valence electrons. The van der Waals surface area contributed by atoms with Crippen molar-refractivity contribution >= 4 is 0 Å². The molecule has 1 aromatic heterocycles. The van der Waals surface area contributed by atoms with Gasteiger partial charge in [0.1, 0.15) is 12.4 Å². The van der Waals surface area contributed by atoms with Crippen molar-refractivity contribution in [3.8, 4) is 0 Å². The molecule has 0 amide bonds. The van der Waals surface area contributed by atoms with Crippen LogP contribution in [0, 0.1) is 0 Å². The van der Waals surface area contributed by atoms with Gasteiger partial charge in [-0.05, 0) is 36.8 Å². The van der Waals surface area contributed by atoms with Gasteiger partial charge in [-0.3, -0.25) is 0 Å². The third-order valence-corrected chi connectivity index (χ3v) is 4.19. The summed E-state index contributed by atoms with van der Waals surface area (Å²) in [6, 6.07) is 9.07. The quantitative estimate of drug-likeness (QED) is 0.827. The molecular weight excluding hydrogens is 238 g/mol. The lowest BCUT2D eigenvalue weighted by Gasteiger charge is -2.16. The Kier molecular flexibility index (Phi) is 2.62. The first kappa shape index (κ1) is 11.2. The lowest BCUT2D eigenvalue weighted by molar-refractivity contribution is 0.0990. The topological polar surface area (TPSA) is 39.9 Å². The molecule has 1 aliphatic heterocycles. The number of hydrogen-bond acceptors (Lipinski definition) is 3. The van der Waals surface area contributed by atoms with E-state index >= 15 is 0 Å². The molecule has 4 rings (SSSR count). The van der Waals surface area contributed by atoms with Crippen molar-refractivity contribution < 1.29 is 4.74 Å². The largest absolute Gasteiger partial charge is 0.370 e. The van der Waals surface area contributed by atoms with Gasteiger partial charge in [0.2, 0.25) is 0 Å². The Bertz CT molecular complexity index is 562. The summed E-state index contributed by atoms with van der Waals surface area (Å²) in [7, 11) is 0. The zero-order valence-corrected chi connectivity index (χ0v) is 10.8. The smallest absolute Gasteiger partial charge is 0.156 e. The monoisotopic (exact) mass is 255 g/mol. The van der Waals surface area contributed by atoms with Gasteiger partial charge in [-0.2, -0.15) is 5.10 Å². The van der Waals surface area contributed by atoms with Crippen LogP contribution in [0.4, 0.5) is 0 Å². The maximum Gasteiger partial charge on any atom is 0.156 e. The molecule has 1 fully saturated rings. The van der Waals surface area contributed by atoms with Crippen LogP contribution in [0.25, 0.3) is 0 Å². The average Bonchev–Trinajstić information content (AvgIpc) is 3.17. The van der Waals surface area contributed by atoms with Gasteiger partial charge in [-0.25, -0.2) is 9.67 Å². The van der Waals surface area contributed by atoms with Crippen LogP contribution in [0.3, 0.4) is 0 Å².